The first-order valence-electron chi connectivity index (χ1n) is 5.72. The van der Waals surface area contributed by atoms with E-state index in [2.05, 4.69) is 14.7 Å². The van der Waals surface area contributed by atoms with Gasteiger partial charge in [-0.15, -0.1) is 0 Å². The van der Waals surface area contributed by atoms with Crippen molar-refractivity contribution in [2.75, 3.05) is 0 Å². The smallest absolute Gasteiger partial charge is 0.387 e. The molecule has 0 aliphatic rings. The number of benzene rings is 1. The second-order valence-corrected chi connectivity index (χ2v) is 3.92. The maximum absolute atomic E-state index is 13.1. The van der Waals surface area contributed by atoms with Gasteiger partial charge in [-0.25, -0.2) is 23.1 Å². The van der Waals surface area contributed by atoms with Crippen LogP contribution >= 0.6 is 0 Å². The minimum Gasteiger partial charge on any atom is -0.434 e. The van der Waals surface area contributed by atoms with Gasteiger partial charge in [-0.05, 0) is 12.1 Å². The average Bonchev–Trinajstić information content (AvgIpc) is 2.46. The SMILES string of the molecule is N#Cc1nc(-c2ccc(F)cc2OC(F)F)cnc1C(F)F. The highest BCUT2D eigenvalue weighted by Crippen LogP contribution is 2.31. The summed E-state index contributed by atoms with van der Waals surface area (Å²) in [6.45, 7) is -3.22. The highest BCUT2D eigenvalue weighted by atomic mass is 19.3. The zero-order chi connectivity index (χ0) is 16.3. The molecule has 9 heteroatoms. The van der Waals surface area contributed by atoms with Gasteiger partial charge >= 0.3 is 6.61 Å². The van der Waals surface area contributed by atoms with Crippen LogP contribution in [0.5, 0.6) is 5.75 Å². The Morgan fingerprint density at radius 1 is 1.18 bits per heavy atom. The fourth-order valence-corrected chi connectivity index (χ4v) is 1.67. The summed E-state index contributed by atoms with van der Waals surface area (Å²) in [7, 11) is 0. The molecule has 0 aliphatic carbocycles. The van der Waals surface area contributed by atoms with Crippen molar-refractivity contribution in [3.8, 4) is 23.1 Å². The van der Waals surface area contributed by atoms with Gasteiger partial charge in [-0.3, -0.25) is 0 Å². The van der Waals surface area contributed by atoms with Gasteiger partial charge in [0.1, 0.15) is 23.3 Å². The second-order valence-electron chi connectivity index (χ2n) is 3.92. The van der Waals surface area contributed by atoms with E-state index in [0.717, 1.165) is 18.3 Å². The van der Waals surface area contributed by atoms with Crippen LogP contribution in [0.15, 0.2) is 24.4 Å². The quantitative estimate of drug-likeness (QED) is 0.807. The van der Waals surface area contributed by atoms with Gasteiger partial charge < -0.3 is 4.74 Å². The van der Waals surface area contributed by atoms with Crippen LogP contribution in [-0.2, 0) is 0 Å². The largest absolute Gasteiger partial charge is 0.434 e. The summed E-state index contributed by atoms with van der Waals surface area (Å²) in [6, 6.07) is 4.15. The molecule has 114 valence electrons. The van der Waals surface area contributed by atoms with Crippen LogP contribution in [0.3, 0.4) is 0 Å². The van der Waals surface area contributed by atoms with Crippen molar-refractivity contribution < 1.29 is 26.7 Å². The summed E-state index contributed by atoms with van der Waals surface area (Å²) >= 11 is 0. The molecule has 0 unspecified atom stereocenters. The lowest BCUT2D eigenvalue weighted by Crippen LogP contribution is -2.05. The molecule has 0 aliphatic heterocycles. The minimum atomic E-state index is -3.22. The molecule has 0 fully saturated rings. The molecule has 0 radical (unpaired) electrons. The van der Waals surface area contributed by atoms with Crippen LogP contribution in [0.1, 0.15) is 17.8 Å². The van der Waals surface area contributed by atoms with Crippen molar-refractivity contribution in [3.63, 3.8) is 0 Å². The first-order valence-corrected chi connectivity index (χ1v) is 5.72. The van der Waals surface area contributed by atoms with E-state index < -0.39 is 36.0 Å². The predicted octanol–water partition coefficient (Wildman–Crippen LogP) is 3.69. The van der Waals surface area contributed by atoms with Gasteiger partial charge in [-0.1, -0.05) is 0 Å². The molecule has 0 atom stereocenters. The Labute approximate surface area is 120 Å². The summed E-state index contributed by atoms with van der Waals surface area (Å²) in [5.41, 5.74) is -1.76. The lowest BCUT2D eigenvalue weighted by atomic mass is 10.1. The van der Waals surface area contributed by atoms with Gasteiger partial charge in [0.05, 0.1) is 11.9 Å². The molecule has 1 aromatic carbocycles. The number of hydrogen-bond donors (Lipinski definition) is 0. The molecular formula is C13H6F5N3O. The van der Waals surface area contributed by atoms with Crippen LogP contribution in [0, 0.1) is 17.1 Å². The van der Waals surface area contributed by atoms with Crippen molar-refractivity contribution in [2.24, 2.45) is 0 Å². The number of alkyl halides is 4. The Morgan fingerprint density at radius 3 is 2.50 bits per heavy atom. The van der Waals surface area contributed by atoms with Crippen LogP contribution in [0.25, 0.3) is 11.3 Å². The molecule has 0 amide bonds. The third kappa shape index (κ3) is 3.28. The fraction of sp³-hybridized carbons (Fsp3) is 0.154. The Hall–Kier alpha value is -2.76. The van der Waals surface area contributed by atoms with Gasteiger partial charge in [0.15, 0.2) is 5.69 Å². The van der Waals surface area contributed by atoms with Gasteiger partial charge in [0.2, 0.25) is 0 Å². The molecule has 2 rings (SSSR count). The Morgan fingerprint density at radius 2 is 1.91 bits per heavy atom. The summed E-state index contributed by atoms with van der Waals surface area (Å²) in [4.78, 5) is 7.03. The molecule has 0 bridgehead atoms. The van der Waals surface area contributed by atoms with Gasteiger partial charge in [-0.2, -0.15) is 14.0 Å². The zero-order valence-corrected chi connectivity index (χ0v) is 10.6. The predicted molar refractivity (Wildman–Crippen MR) is 63.7 cm³/mol. The van der Waals surface area contributed by atoms with E-state index in [9.17, 15) is 22.0 Å². The highest BCUT2D eigenvalue weighted by molar-refractivity contribution is 5.67. The molecule has 1 aromatic heterocycles. The molecule has 2 aromatic rings. The number of halogens is 5. The van der Waals surface area contributed by atoms with Gasteiger partial charge in [0, 0.05) is 11.6 Å². The zero-order valence-electron chi connectivity index (χ0n) is 10.6. The standard InChI is InChI=1S/C13H6F5N3O/c14-6-1-2-7(10(3-6)22-13(17)18)9-5-20-11(12(15)16)8(4-19)21-9/h1-3,5,12-13H. The van der Waals surface area contributed by atoms with E-state index in [1.165, 1.54) is 6.07 Å². The molecule has 0 N–H and O–H groups in total. The van der Waals surface area contributed by atoms with Crippen LogP contribution < -0.4 is 4.74 Å². The van der Waals surface area contributed by atoms with Crippen LogP contribution in [0.4, 0.5) is 22.0 Å². The third-order valence-electron chi connectivity index (χ3n) is 2.55. The Balaban J connectivity index is 2.55. The lowest BCUT2D eigenvalue weighted by molar-refractivity contribution is -0.0496. The number of hydrogen-bond acceptors (Lipinski definition) is 4. The first-order chi connectivity index (χ1) is 10.4. The summed E-state index contributed by atoms with van der Waals surface area (Å²) in [5, 5.41) is 8.80. The Bertz CT molecular complexity index is 730. The van der Waals surface area contributed by atoms with Crippen LogP contribution in [0.2, 0.25) is 0 Å². The van der Waals surface area contributed by atoms with Crippen molar-refractivity contribution >= 4 is 0 Å². The number of nitrogens with zero attached hydrogens (tertiary/aromatic N) is 3. The van der Waals surface area contributed by atoms with E-state index in [4.69, 9.17) is 5.26 Å². The van der Waals surface area contributed by atoms with E-state index in [1.54, 1.807) is 0 Å². The summed E-state index contributed by atoms with van der Waals surface area (Å²) in [6.07, 6.45) is -2.14. The van der Waals surface area contributed by atoms with Crippen molar-refractivity contribution in [2.45, 2.75) is 13.0 Å². The van der Waals surface area contributed by atoms with Gasteiger partial charge in [0.25, 0.3) is 6.43 Å². The average molecular weight is 315 g/mol. The summed E-state index contributed by atoms with van der Waals surface area (Å²) in [5.74, 6) is -1.38. The van der Waals surface area contributed by atoms with E-state index >= 15 is 0 Å². The molecule has 1 heterocycles. The fourth-order valence-electron chi connectivity index (χ4n) is 1.67. The highest BCUT2D eigenvalue weighted by Gasteiger charge is 2.19. The molecule has 22 heavy (non-hydrogen) atoms. The normalized spacial score (nSPS) is 10.8. The molecule has 0 spiro atoms. The number of rotatable bonds is 4. The topological polar surface area (TPSA) is 58.8 Å². The molecule has 0 saturated carbocycles. The lowest BCUT2D eigenvalue weighted by Gasteiger charge is -2.11. The van der Waals surface area contributed by atoms with Crippen molar-refractivity contribution in [1.29, 1.82) is 5.26 Å². The third-order valence-corrected chi connectivity index (χ3v) is 2.55. The molecule has 0 saturated heterocycles. The molecular weight excluding hydrogens is 309 g/mol. The number of aromatic nitrogens is 2. The second kappa shape index (κ2) is 6.34. The van der Waals surface area contributed by atoms with E-state index in [1.807, 2.05) is 0 Å². The van der Waals surface area contributed by atoms with Crippen molar-refractivity contribution in [1.82, 2.24) is 9.97 Å². The minimum absolute atomic E-state index is 0.105. The maximum Gasteiger partial charge on any atom is 0.387 e. The van der Waals surface area contributed by atoms with Crippen molar-refractivity contribution in [3.05, 3.63) is 41.6 Å². The number of ether oxygens (including phenoxy) is 1. The summed E-state index contributed by atoms with van der Waals surface area (Å²) < 4.78 is 67.2. The van der Waals surface area contributed by atoms with Crippen LogP contribution in [-0.4, -0.2) is 16.6 Å². The maximum atomic E-state index is 13.1. The van der Waals surface area contributed by atoms with E-state index in [-0.39, 0.29) is 11.3 Å². The first kappa shape index (κ1) is 15.6. The number of nitriles is 1. The van der Waals surface area contributed by atoms with E-state index in [0.29, 0.717) is 6.07 Å². The molecule has 4 nitrogen and oxygen atoms in total. The monoisotopic (exact) mass is 315 g/mol. The Kier molecular flexibility index (Phi) is 4.50.